The van der Waals surface area contributed by atoms with Crippen LogP contribution >= 0.6 is 0 Å². The van der Waals surface area contributed by atoms with Crippen LogP contribution in [0.15, 0.2) is 24.5 Å². The zero-order valence-electron chi connectivity index (χ0n) is 13.2. The van der Waals surface area contributed by atoms with Crippen molar-refractivity contribution in [3.63, 3.8) is 0 Å². The summed E-state index contributed by atoms with van der Waals surface area (Å²) in [6, 6.07) is 3.46. The summed E-state index contributed by atoms with van der Waals surface area (Å²) in [7, 11) is 0. The molecular weight excluding hydrogens is 264 g/mol. The lowest BCUT2D eigenvalue weighted by molar-refractivity contribution is -0.0228. The largest absolute Gasteiger partial charge is 0.388 e. The molecule has 0 spiro atoms. The molecule has 4 nitrogen and oxygen atoms in total. The van der Waals surface area contributed by atoms with E-state index in [-0.39, 0.29) is 5.91 Å². The van der Waals surface area contributed by atoms with Crippen molar-refractivity contribution in [1.82, 2.24) is 10.3 Å². The minimum Gasteiger partial charge on any atom is -0.388 e. The third kappa shape index (κ3) is 4.27. The predicted octanol–water partition coefficient (Wildman–Crippen LogP) is 2.78. The summed E-state index contributed by atoms with van der Waals surface area (Å²) in [4.78, 5) is 15.9. The maximum atomic E-state index is 12.0. The zero-order valence-corrected chi connectivity index (χ0v) is 13.2. The minimum absolute atomic E-state index is 0.172. The van der Waals surface area contributed by atoms with Gasteiger partial charge in [0.1, 0.15) is 0 Å². The van der Waals surface area contributed by atoms with Gasteiger partial charge in [-0.25, -0.2) is 0 Å². The lowest BCUT2D eigenvalue weighted by Gasteiger charge is -2.41. The highest BCUT2D eigenvalue weighted by Gasteiger charge is 2.37. The molecule has 0 bridgehead atoms. The molecule has 0 aromatic carbocycles. The first-order chi connectivity index (χ1) is 9.80. The third-order valence-electron chi connectivity index (χ3n) is 4.64. The third-order valence-corrected chi connectivity index (χ3v) is 4.64. The van der Waals surface area contributed by atoms with Gasteiger partial charge in [-0.1, -0.05) is 20.8 Å². The Morgan fingerprint density at radius 3 is 2.62 bits per heavy atom. The van der Waals surface area contributed by atoms with Crippen LogP contribution in [-0.2, 0) is 0 Å². The zero-order chi connectivity index (χ0) is 15.5. The molecular formula is C17H26N2O2. The van der Waals surface area contributed by atoms with Crippen LogP contribution in [0.5, 0.6) is 0 Å². The Balaban J connectivity index is 1.85. The number of carbonyl (C=O) groups is 1. The number of aliphatic hydroxyl groups is 1. The molecule has 1 amide bonds. The lowest BCUT2D eigenvalue weighted by atomic mass is 9.68. The van der Waals surface area contributed by atoms with E-state index in [1.165, 1.54) is 6.20 Å². The van der Waals surface area contributed by atoms with E-state index in [2.05, 4.69) is 31.1 Å². The molecule has 2 rings (SSSR count). The second kappa shape index (κ2) is 6.14. The molecule has 0 radical (unpaired) electrons. The maximum absolute atomic E-state index is 12.0. The number of amides is 1. The van der Waals surface area contributed by atoms with Gasteiger partial charge in [0.05, 0.1) is 11.2 Å². The number of rotatable bonds is 3. The first kappa shape index (κ1) is 16.0. The molecule has 1 aliphatic carbocycles. The van der Waals surface area contributed by atoms with Gasteiger partial charge in [-0.05, 0) is 49.1 Å². The summed E-state index contributed by atoms with van der Waals surface area (Å²) in [6.45, 7) is 7.09. The van der Waals surface area contributed by atoms with Crippen molar-refractivity contribution >= 4 is 5.91 Å². The first-order valence-electron chi connectivity index (χ1n) is 7.71. The van der Waals surface area contributed by atoms with E-state index in [0.29, 0.717) is 23.4 Å². The van der Waals surface area contributed by atoms with Crippen LogP contribution in [0.25, 0.3) is 0 Å². The molecule has 4 heteroatoms. The van der Waals surface area contributed by atoms with Crippen molar-refractivity contribution in [2.75, 3.05) is 6.54 Å². The first-order valence-corrected chi connectivity index (χ1v) is 7.71. The summed E-state index contributed by atoms with van der Waals surface area (Å²) in [5.74, 6) is 0.473. The molecule has 0 atom stereocenters. The molecule has 1 aliphatic rings. The van der Waals surface area contributed by atoms with E-state index in [1.807, 2.05) is 0 Å². The van der Waals surface area contributed by atoms with Crippen LogP contribution in [0.2, 0.25) is 0 Å². The number of carbonyl (C=O) groups excluding carboxylic acids is 1. The standard InChI is InChI=1S/C17H26N2O2/c1-16(2,3)14-6-8-17(21,9-7-14)12-19-15(20)13-5-4-10-18-11-13/h4-5,10-11,14,21H,6-9,12H2,1-3H3,(H,19,20). The van der Waals surface area contributed by atoms with Gasteiger partial charge in [0.25, 0.3) is 5.91 Å². The van der Waals surface area contributed by atoms with Gasteiger partial charge in [-0.15, -0.1) is 0 Å². The quantitative estimate of drug-likeness (QED) is 0.900. The maximum Gasteiger partial charge on any atom is 0.252 e. The number of aromatic nitrogens is 1. The van der Waals surface area contributed by atoms with Crippen molar-refractivity contribution in [3.05, 3.63) is 30.1 Å². The molecule has 1 aromatic heterocycles. The van der Waals surface area contributed by atoms with Crippen LogP contribution in [0, 0.1) is 11.3 Å². The van der Waals surface area contributed by atoms with Crippen molar-refractivity contribution < 1.29 is 9.90 Å². The van der Waals surface area contributed by atoms with Gasteiger partial charge in [0.2, 0.25) is 0 Å². The smallest absolute Gasteiger partial charge is 0.252 e. The van der Waals surface area contributed by atoms with E-state index in [0.717, 1.165) is 25.7 Å². The SMILES string of the molecule is CC(C)(C)C1CCC(O)(CNC(=O)c2cccnc2)CC1. The van der Waals surface area contributed by atoms with E-state index in [4.69, 9.17) is 0 Å². The Bertz CT molecular complexity index is 471. The second-order valence-electron chi connectivity index (χ2n) is 7.29. The molecule has 1 fully saturated rings. The fourth-order valence-electron chi connectivity index (χ4n) is 3.04. The summed E-state index contributed by atoms with van der Waals surface area (Å²) in [6.07, 6.45) is 6.71. The van der Waals surface area contributed by atoms with Gasteiger partial charge in [-0.2, -0.15) is 0 Å². The number of nitrogens with one attached hydrogen (secondary N) is 1. The highest BCUT2D eigenvalue weighted by Crippen LogP contribution is 2.41. The molecule has 0 aliphatic heterocycles. The van der Waals surface area contributed by atoms with Crippen LogP contribution in [0.1, 0.15) is 56.8 Å². The number of hydrogen-bond acceptors (Lipinski definition) is 3. The Morgan fingerprint density at radius 2 is 2.10 bits per heavy atom. The van der Waals surface area contributed by atoms with Gasteiger partial charge in [-0.3, -0.25) is 9.78 Å². The van der Waals surface area contributed by atoms with Gasteiger partial charge in [0.15, 0.2) is 0 Å². The number of hydrogen-bond donors (Lipinski definition) is 2. The molecule has 0 saturated heterocycles. The van der Waals surface area contributed by atoms with Crippen molar-refractivity contribution in [2.45, 2.75) is 52.1 Å². The Hall–Kier alpha value is -1.42. The fraction of sp³-hybridized carbons (Fsp3) is 0.647. The Labute approximate surface area is 127 Å². The lowest BCUT2D eigenvalue weighted by Crippen LogP contribution is -2.46. The van der Waals surface area contributed by atoms with Gasteiger partial charge >= 0.3 is 0 Å². The number of nitrogens with zero attached hydrogens (tertiary/aromatic N) is 1. The summed E-state index contributed by atoms with van der Waals surface area (Å²) >= 11 is 0. The van der Waals surface area contributed by atoms with E-state index >= 15 is 0 Å². The summed E-state index contributed by atoms with van der Waals surface area (Å²) < 4.78 is 0. The molecule has 116 valence electrons. The molecule has 0 unspecified atom stereocenters. The topological polar surface area (TPSA) is 62.2 Å². The van der Waals surface area contributed by atoms with Crippen LogP contribution in [0.4, 0.5) is 0 Å². The highest BCUT2D eigenvalue weighted by molar-refractivity contribution is 5.93. The molecule has 21 heavy (non-hydrogen) atoms. The van der Waals surface area contributed by atoms with Crippen LogP contribution in [-0.4, -0.2) is 28.1 Å². The highest BCUT2D eigenvalue weighted by atomic mass is 16.3. The number of pyridine rings is 1. The second-order valence-corrected chi connectivity index (χ2v) is 7.29. The molecule has 1 heterocycles. The molecule has 2 N–H and O–H groups in total. The summed E-state index contributed by atoms with van der Waals surface area (Å²) in [5, 5.41) is 13.5. The normalized spacial score (nSPS) is 26.4. The van der Waals surface area contributed by atoms with E-state index < -0.39 is 5.60 Å². The van der Waals surface area contributed by atoms with Gasteiger partial charge in [0, 0.05) is 18.9 Å². The van der Waals surface area contributed by atoms with Crippen LogP contribution < -0.4 is 5.32 Å². The fourth-order valence-corrected chi connectivity index (χ4v) is 3.04. The van der Waals surface area contributed by atoms with E-state index in [9.17, 15) is 9.90 Å². The minimum atomic E-state index is -0.764. The molecule has 1 saturated carbocycles. The van der Waals surface area contributed by atoms with Crippen molar-refractivity contribution in [2.24, 2.45) is 11.3 Å². The predicted molar refractivity (Wildman–Crippen MR) is 82.9 cm³/mol. The average molecular weight is 290 g/mol. The van der Waals surface area contributed by atoms with Gasteiger partial charge < -0.3 is 10.4 Å². The van der Waals surface area contributed by atoms with Crippen molar-refractivity contribution in [3.8, 4) is 0 Å². The molecule has 1 aromatic rings. The van der Waals surface area contributed by atoms with Crippen molar-refractivity contribution in [1.29, 1.82) is 0 Å². The Morgan fingerprint density at radius 1 is 1.43 bits per heavy atom. The summed E-state index contributed by atoms with van der Waals surface area (Å²) in [5.41, 5.74) is 0.0596. The van der Waals surface area contributed by atoms with Crippen LogP contribution in [0.3, 0.4) is 0 Å². The monoisotopic (exact) mass is 290 g/mol. The Kier molecular flexibility index (Phi) is 4.67. The van der Waals surface area contributed by atoms with E-state index in [1.54, 1.807) is 18.3 Å². The average Bonchev–Trinajstić information content (AvgIpc) is 2.45.